The maximum Gasteiger partial charge on any atom is 0.0771 e. The third-order valence-corrected chi connectivity index (χ3v) is 4.69. The van der Waals surface area contributed by atoms with Crippen molar-refractivity contribution in [1.29, 1.82) is 0 Å². The lowest BCUT2D eigenvalue weighted by Gasteiger charge is -2.35. The summed E-state index contributed by atoms with van der Waals surface area (Å²) in [6.45, 7) is 8.17. The van der Waals surface area contributed by atoms with Crippen molar-refractivity contribution in [2.45, 2.75) is 58.6 Å². The van der Waals surface area contributed by atoms with Gasteiger partial charge in [-0.2, -0.15) is 0 Å². The third-order valence-electron chi connectivity index (χ3n) is 4.69. The number of hydrogen-bond acceptors (Lipinski definition) is 2. The first-order chi connectivity index (χ1) is 9.00. The van der Waals surface area contributed by atoms with Gasteiger partial charge < -0.3 is 10.4 Å². The Kier molecular flexibility index (Phi) is 4.64. The van der Waals surface area contributed by atoms with E-state index < -0.39 is 5.60 Å². The summed E-state index contributed by atoms with van der Waals surface area (Å²) < 4.78 is 0. The van der Waals surface area contributed by atoms with Crippen LogP contribution in [0.4, 0.5) is 0 Å². The maximum atomic E-state index is 10.5. The second-order valence-corrected chi connectivity index (χ2v) is 6.37. The third kappa shape index (κ3) is 3.80. The molecular weight excluding hydrogens is 234 g/mol. The first-order valence-electron chi connectivity index (χ1n) is 7.48. The predicted octanol–water partition coefficient (Wildman–Crippen LogP) is 3.33. The van der Waals surface area contributed by atoms with E-state index in [-0.39, 0.29) is 0 Å². The fourth-order valence-electron chi connectivity index (χ4n) is 2.91. The van der Waals surface area contributed by atoms with Crippen LogP contribution in [0.3, 0.4) is 0 Å². The van der Waals surface area contributed by atoms with E-state index in [1.165, 1.54) is 16.7 Å². The van der Waals surface area contributed by atoms with Crippen LogP contribution in [0.15, 0.2) is 18.2 Å². The summed E-state index contributed by atoms with van der Waals surface area (Å²) in [5, 5.41) is 14.0. The van der Waals surface area contributed by atoms with E-state index in [0.29, 0.717) is 6.54 Å². The zero-order valence-electron chi connectivity index (χ0n) is 12.5. The number of rotatable bonds is 4. The fourth-order valence-corrected chi connectivity index (χ4v) is 2.91. The normalized spacial score (nSPS) is 27.5. The molecule has 0 unspecified atom stereocenters. The Balaban J connectivity index is 1.85. The van der Waals surface area contributed by atoms with Gasteiger partial charge in [0.1, 0.15) is 0 Å². The van der Waals surface area contributed by atoms with Crippen LogP contribution in [0, 0.1) is 19.8 Å². The Labute approximate surface area is 117 Å². The summed E-state index contributed by atoms with van der Waals surface area (Å²) in [5.41, 5.74) is 3.56. The van der Waals surface area contributed by atoms with Gasteiger partial charge in [-0.15, -0.1) is 0 Å². The molecule has 2 rings (SSSR count). The van der Waals surface area contributed by atoms with Crippen LogP contribution in [0.1, 0.15) is 49.3 Å². The first kappa shape index (κ1) is 14.5. The molecular formula is C17H27NO. The molecule has 106 valence electrons. The van der Waals surface area contributed by atoms with Crippen LogP contribution in [-0.4, -0.2) is 17.3 Å². The lowest BCUT2D eigenvalue weighted by Crippen LogP contribution is -2.43. The zero-order valence-corrected chi connectivity index (χ0v) is 12.5. The van der Waals surface area contributed by atoms with Gasteiger partial charge >= 0.3 is 0 Å². The quantitative estimate of drug-likeness (QED) is 0.871. The fraction of sp³-hybridized carbons (Fsp3) is 0.647. The molecule has 0 atom stereocenters. The molecule has 1 aliphatic rings. The van der Waals surface area contributed by atoms with Gasteiger partial charge in [0.25, 0.3) is 0 Å². The van der Waals surface area contributed by atoms with Crippen molar-refractivity contribution in [3.8, 4) is 0 Å². The van der Waals surface area contributed by atoms with Gasteiger partial charge in [0, 0.05) is 13.1 Å². The molecule has 2 nitrogen and oxygen atoms in total. The second-order valence-electron chi connectivity index (χ2n) is 6.37. The molecule has 0 amide bonds. The molecule has 0 aromatic heterocycles. The molecule has 0 aliphatic heterocycles. The predicted molar refractivity (Wildman–Crippen MR) is 80.2 cm³/mol. The highest BCUT2D eigenvalue weighted by atomic mass is 16.3. The van der Waals surface area contributed by atoms with Crippen LogP contribution in [-0.2, 0) is 6.54 Å². The number of benzene rings is 1. The molecule has 0 saturated heterocycles. The molecule has 1 aromatic carbocycles. The zero-order chi connectivity index (χ0) is 13.9. The Morgan fingerprint density at radius 2 is 1.95 bits per heavy atom. The monoisotopic (exact) mass is 261 g/mol. The van der Waals surface area contributed by atoms with E-state index >= 15 is 0 Å². The molecule has 1 aliphatic carbocycles. The summed E-state index contributed by atoms with van der Waals surface area (Å²) in [6.07, 6.45) is 4.19. The van der Waals surface area contributed by atoms with Gasteiger partial charge in [-0.1, -0.05) is 25.1 Å². The van der Waals surface area contributed by atoms with Crippen LogP contribution in [0.5, 0.6) is 0 Å². The molecule has 1 saturated carbocycles. The van der Waals surface area contributed by atoms with E-state index in [1.807, 2.05) is 0 Å². The van der Waals surface area contributed by atoms with Gasteiger partial charge in [0.15, 0.2) is 0 Å². The summed E-state index contributed by atoms with van der Waals surface area (Å²) in [4.78, 5) is 0. The minimum atomic E-state index is -0.482. The Morgan fingerprint density at radius 1 is 1.26 bits per heavy atom. The second kappa shape index (κ2) is 6.06. The highest BCUT2D eigenvalue weighted by molar-refractivity contribution is 5.32. The molecule has 1 fully saturated rings. The highest BCUT2D eigenvalue weighted by Crippen LogP contribution is 2.31. The summed E-state index contributed by atoms with van der Waals surface area (Å²) >= 11 is 0. The van der Waals surface area contributed by atoms with Crippen molar-refractivity contribution >= 4 is 0 Å². The molecule has 0 bridgehead atoms. The molecule has 2 N–H and O–H groups in total. The van der Waals surface area contributed by atoms with E-state index in [9.17, 15) is 5.11 Å². The van der Waals surface area contributed by atoms with Crippen molar-refractivity contribution in [2.75, 3.05) is 6.54 Å². The topological polar surface area (TPSA) is 32.3 Å². The average Bonchev–Trinajstić information content (AvgIpc) is 2.39. The molecule has 0 spiro atoms. The Morgan fingerprint density at radius 3 is 2.63 bits per heavy atom. The Bertz CT molecular complexity index is 419. The van der Waals surface area contributed by atoms with Gasteiger partial charge in [-0.05, 0) is 62.1 Å². The number of hydrogen-bond donors (Lipinski definition) is 2. The molecule has 2 heteroatoms. The highest BCUT2D eigenvalue weighted by Gasteiger charge is 2.31. The minimum Gasteiger partial charge on any atom is -0.389 e. The van der Waals surface area contributed by atoms with Crippen LogP contribution < -0.4 is 5.32 Å². The van der Waals surface area contributed by atoms with Gasteiger partial charge in [-0.3, -0.25) is 0 Å². The van der Waals surface area contributed by atoms with E-state index in [1.54, 1.807) is 0 Å². The molecule has 0 radical (unpaired) electrons. The van der Waals surface area contributed by atoms with E-state index in [0.717, 1.165) is 38.1 Å². The van der Waals surface area contributed by atoms with Crippen molar-refractivity contribution in [2.24, 2.45) is 5.92 Å². The number of aliphatic hydroxyl groups is 1. The lowest BCUT2D eigenvalue weighted by molar-refractivity contribution is -0.00631. The van der Waals surface area contributed by atoms with E-state index in [2.05, 4.69) is 44.3 Å². The van der Waals surface area contributed by atoms with Gasteiger partial charge in [0.2, 0.25) is 0 Å². The largest absolute Gasteiger partial charge is 0.389 e. The molecule has 1 aromatic rings. The summed E-state index contributed by atoms with van der Waals surface area (Å²) in [6, 6.07) is 6.42. The number of nitrogens with one attached hydrogen (secondary N) is 1. The molecule has 0 heterocycles. The van der Waals surface area contributed by atoms with Gasteiger partial charge in [-0.25, -0.2) is 0 Å². The van der Waals surface area contributed by atoms with Crippen LogP contribution in [0.2, 0.25) is 0 Å². The lowest BCUT2D eigenvalue weighted by atomic mass is 9.79. The Hall–Kier alpha value is -0.860. The smallest absolute Gasteiger partial charge is 0.0771 e. The van der Waals surface area contributed by atoms with Gasteiger partial charge in [0.05, 0.1) is 5.60 Å². The van der Waals surface area contributed by atoms with Crippen molar-refractivity contribution in [3.05, 3.63) is 34.9 Å². The van der Waals surface area contributed by atoms with Crippen molar-refractivity contribution in [1.82, 2.24) is 5.32 Å². The summed E-state index contributed by atoms with van der Waals surface area (Å²) in [7, 11) is 0. The van der Waals surface area contributed by atoms with Crippen molar-refractivity contribution < 1.29 is 5.11 Å². The minimum absolute atomic E-state index is 0.482. The van der Waals surface area contributed by atoms with Crippen LogP contribution >= 0.6 is 0 Å². The van der Waals surface area contributed by atoms with Crippen LogP contribution in [0.25, 0.3) is 0 Å². The molecule has 19 heavy (non-hydrogen) atoms. The number of aryl methyl sites for hydroxylation is 1. The average molecular weight is 261 g/mol. The maximum absolute atomic E-state index is 10.5. The SMILES string of the molecule is Cc1cccc(CNCC2(O)CCC(C)CC2)c1C. The van der Waals surface area contributed by atoms with Crippen molar-refractivity contribution in [3.63, 3.8) is 0 Å². The van der Waals surface area contributed by atoms with E-state index in [4.69, 9.17) is 0 Å². The standard InChI is InChI=1S/C17H27NO/c1-13-7-9-17(19,10-8-13)12-18-11-16-6-4-5-14(2)15(16)3/h4-6,13,18-19H,7-12H2,1-3H3. The first-order valence-corrected chi connectivity index (χ1v) is 7.48. The summed E-state index contributed by atoms with van der Waals surface area (Å²) in [5.74, 6) is 0.777.